The molecule has 0 spiro atoms. The van der Waals surface area contributed by atoms with Crippen LogP contribution in [0, 0.1) is 4.91 Å². The van der Waals surface area contributed by atoms with Crippen molar-refractivity contribution in [3.05, 3.63) is 4.91 Å². The molecule has 0 aliphatic heterocycles. The van der Waals surface area contributed by atoms with E-state index in [0.29, 0.717) is 19.6 Å². The molecule has 0 aromatic heterocycles. The first-order valence-electron chi connectivity index (χ1n) is 3.04. The normalized spacial score (nSPS) is 8.45. The summed E-state index contributed by atoms with van der Waals surface area (Å²) in [5.41, 5.74) is 7.50. The van der Waals surface area contributed by atoms with Gasteiger partial charge in [-0.15, -0.1) is 10.4 Å². The molecule has 0 radical (unpaired) electrons. The van der Waals surface area contributed by atoms with Gasteiger partial charge in [-0.05, 0) is 0 Å². The van der Waals surface area contributed by atoms with Gasteiger partial charge in [0.1, 0.15) is 0 Å². The minimum atomic E-state index is 0. The van der Waals surface area contributed by atoms with Crippen molar-refractivity contribution in [3.8, 4) is 0 Å². The molecule has 0 heterocycles. The van der Waals surface area contributed by atoms with E-state index in [4.69, 9.17) is 5.73 Å². The van der Waals surface area contributed by atoms with Crippen molar-refractivity contribution >= 4 is 0 Å². The van der Waals surface area contributed by atoms with Crippen LogP contribution in [-0.2, 0) is 4.94 Å². The molecule has 11 heavy (non-hydrogen) atoms. The van der Waals surface area contributed by atoms with Crippen molar-refractivity contribution in [2.45, 2.75) is 0 Å². The molecule has 0 saturated heterocycles. The van der Waals surface area contributed by atoms with E-state index in [0.717, 1.165) is 6.54 Å². The average Bonchev–Trinajstić information content (AvgIpc) is 1.97. The van der Waals surface area contributed by atoms with Gasteiger partial charge in [0.05, 0.1) is 0 Å². The molecule has 4 N–H and O–H groups in total. The predicted molar refractivity (Wildman–Crippen MR) is 37.9 cm³/mol. The summed E-state index contributed by atoms with van der Waals surface area (Å²) >= 11 is 0. The third kappa shape index (κ3) is 13.3. The zero-order valence-electron chi connectivity index (χ0n) is 7.67. The summed E-state index contributed by atoms with van der Waals surface area (Å²) in [7, 11) is 0. The Morgan fingerprint density at radius 3 is 2.73 bits per heavy atom. The second kappa shape index (κ2) is 12.9. The smallest absolute Gasteiger partial charge is 1.00 e. The maximum atomic E-state index is 9.32. The number of nitrogens with zero attached hydrogens (tertiary/aromatic N) is 1. The number of hydrogen-bond donors (Lipinski definition) is 3. The maximum absolute atomic E-state index is 9.32. The number of hydrogen-bond acceptors (Lipinski definition) is 6. The van der Waals surface area contributed by atoms with Crippen LogP contribution in [0.5, 0.6) is 0 Å². The Kier molecular flexibility index (Phi) is 16.2. The molecule has 0 fully saturated rings. The number of rotatable bonds is 7. The third-order valence-corrected chi connectivity index (χ3v) is 0.827. The molecular weight excluding hydrogens is 159 g/mol. The van der Waals surface area contributed by atoms with Gasteiger partial charge < -0.3 is 12.5 Å². The van der Waals surface area contributed by atoms with Gasteiger partial charge in [0.25, 0.3) is 0 Å². The summed E-state index contributed by atoms with van der Waals surface area (Å²) in [6.45, 7) is 2.60. The molecular formula is C4H13N4NaO2. The first-order chi connectivity index (χ1) is 4.91. The topological polar surface area (TPSA) is 88.7 Å². The monoisotopic (exact) mass is 172 g/mol. The van der Waals surface area contributed by atoms with E-state index < -0.39 is 0 Å². The Bertz CT molecular complexity index is 89.5. The van der Waals surface area contributed by atoms with Gasteiger partial charge in [-0.25, -0.2) is 0 Å². The Hall–Kier alpha value is 0.280. The van der Waals surface area contributed by atoms with Crippen LogP contribution in [0.2, 0.25) is 0 Å². The molecule has 62 valence electrons. The number of nitrogens with one attached hydrogen (secondary N) is 2. The predicted octanol–water partition coefficient (Wildman–Crippen LogP) is -4.15. The van der Waals surface area contributed by atoms with E-state index in [1.807, 2.05) is 0 Å². The summed E-state index contributed by atoms with van der Waals surface area (Å²) in [6.07, 6.45) is 0. The number of nitrogens with two attached hydrogens (primary N) is 1. The minimum absolute atomic E-state index is 0. The van der Waals surface area contributed by atoms with E-state index in [1.165, 1.54) is 0 Å². The van der Waals surface area contributed by atoms with Crippen LogP contribution in [0.25, 0.3) is 0 Å². The molecule has 0 atom stereocenters. The van der Waals surface area contributed by atoms with Crippen LogP contribution in [0.1, 0.15) is 1.43 Å². The summed E-state index contributed by atoms with van der Waals surface area (Å²) in [6, 6.07) is 0. The van der Waals surface area contributed by atoms with Gasteiger partial charge in [-0.1, -0.05) is 0 Å². The van der Waals surface area contributed by atoms with Crippen molar-refractivity contribution in [1.29, 1.82) is 0 Å². The second-order valence-corrected chi connectivity index (χ2v) is 1.60. The van der Waals surface area contributed by atoms with Gasteiger partial charge in [-0.3, -0.25) is 4.94 Å². The molecule has 0 saturated carbocycles. The first kappa shape index (κ1) is 13.8. The van der Waals surface area contributed by atoms with Crippen molar-refractivity contribution in [3.63, 3.8) is 0 Å². The fraction of sp³-hybridized carbons (Fsp3) is 1.00. The third-order valence-electron chi connectivity index (χ3n) is 0.827. The standard InChI is InChI=1S/C4H12N4O2.Na.H/c5-1-2-6-3-4-7-10-8-9;;/h6-7H,1-5H2;;/q;+1;-1. The Morgan fingerprint density at radius 2 is 2.18 bits per heavy atom. The zero-order valence-corrected chi connectivity index (χ0v) is 8.67. The largest absolute Gasteiger partial charge is 1.00 e. The summed E-state index contributed by atoms with van der Waals surface area (Å²) in [5, 5.41) is 5.12. The molecule has 0 aromatic carbocycles. The van der Waals surface area contributed by atoms with E-state index in [-0.39, 0.29) is 31.0 Å². The van der Waals surface area contributed by atoms with Crippen LogP contribution in [0.4, 0.5) is 0 Å². The van der Waals surface area contributed by atoms with E-state index >= 15 is 0 Å². The van der Waals surface area contributed by atoms with Gasteiger partial charge in [0.15, 0.2) is 5.34 Å². The van der Waals surface area contributed by atoms with Crippen LogP contribution in [-0.4, -0.2) is 26.2 Å². The fourth-order valence-electron chi connectivity index (χ4n) is 0.438. The SMILES string of the molecule is NCCNCCNON=O.[H-].[Na+]. The molecule has 0 aliphatic rings. The first-order valence-corrected chi connectivity index (χ1v) is 3.04. The number of hydroxylamine groups is 1. The Balaban J connectivity index is -0.000000405. The zero-order chi connectivity index (χ0) is 7.66. The van der Waals surface area contributed by atoms with Crippen molar-refractivity contribution in [2.75, 3.05) is 26.2 Å². The van der Waals surface area contributed by atoms with E-state index in [2.05, 4.69) is 21.1 Å². The van der Waals surface area contributed by atoms with E-state index in [9.17, 15) is 4.91 Å². The van der Waals surface area contributed by atoms with Crippen LogP contribution < -0.4 is 46.1 Å². The Morgan fingerprint density at radius 1 is 1.45 bits per heavy atom. The van der Waals surface area contributed by atoms with Gasteiger partial charge in [0, 0.05) is 26.2 Å². The van der Waals surface area contributed by atoms with Crippen molar-refractivity contribution < 1.29 is 35.9 Å². The summed E-state index contributed by atoms with van der Waals surface area (Å²) < 4.78 is 0. The van der Waals surface area contributed by atoms with Crippen molar-refractivity contribution in [2.24, 2.45) is 11.1 Å². The molecule has 0 amide bonds. The van der Waals surface area contributed by atoms with Crippen molar-refractivity contribution in [1.82, 2.24) is 10.8 Å². The average molecular weight is 172 g/mol. The molecule has 6 nitrogen and oxygen atoms in total. The van der Waals surface area contributed by atoms with Gasteiger partial charge >= 0.3 is 29.6 Å². The van der Waals surface area contributed by atoms with Crippen LogP contribution in [0.15, 0.2) is 5.34 Å². The van der Waals surface area contributed by atoms with Gasteiger partial charge in [0.2, 0.25) is 0 Å². The molecule has 0 aliphatic carbocycles. The quantitative estimate of drug-likeness (QED) is 0.157. The fourth-order valence-corrected chi connectivity index (χ4v) is 0.438. The van der Waals surface area contributed by atoms with E-state index in [1.54, 1.807) is 0 Å². The molecule has 0 aromatic rings. The maximum Gasteiger partial charge on any atom is 1.00 e. The van der Waals surface area contributed by atoms with Crippen LogP contribution in [0.3, 0.4) is 0 Å². The second-order valence-electron chi connectivity index (χ2n) is 1.60. The van der Waals surface area contributed by atoms with Crippen LogP contribution >= 0.6 is 0 Å². The molecule has 0 rings (SSSR count). The molecule has 0 bridgehead atoms. The summed E-state index contributed by atoms with van der Waals surface area (Å²) in [5.74, 6) is 0. The minimum Gasteiger partial charge on any atom is -1.00 e. The Labute approximate surface area is 88.9 Å². The summed E-state index contributed by atoms with van der Waals surface area (Å²) in [4.78, 5) is 13.3. The molecule has 0 unspecified atom stereocenters. The molecule has 7 heteroatoms. The van der Waals surface area contributed by atoms with Gasteiger partial charge in [-0.2, -0.15) is 0 Å².